The van der Waals surface area contributed by atoms with Crippen LogP contribution in [0.2, 0.25) is 10.0 Å². The van der Waals surface area contributed by atoms with Crippen molar-refractivity contribution < 1.29 is 9.18 Å². The summed E-state index contributed by atoms with van der Waals surface area (Å²) >= 11 is 11.8. The first kappa shape index (κ1) is 19.9. The molecule has 1 aromatic heterocycles. The molecule has 0 unspecified atom stereocenters. The van der Waals surface area contributed by atoms with E-state index in [1.165, 1.54) is 24.3 Å². The van der Waals surface area contributed by atoms with Gasteiger partial charge in [-0.25, -0.2) is 14.4 Å². The normalized spacial score (nSPS) is 10.8. The van der Waals surface area contributed by atoms with Crippen LogP contribution < -0.4 is 10.9 Å². The lowest BCUT2D eigenvalue weighted by molar-refractivity contribution is 0.102. The van der Waals surface area contributed by atoms with Crippen molar-refractivity contribution in [1.82, 2.24) is 9.97 Å². The second kappa shape index (κ2) is 8.18. The van der Waals surface area contributed by atoms with E-state index in [2.05, 4.69) is 15.3 Å². The van der Waals surface area contributed by atoms with Gasteiger partial charge in [0.25, 0.3) is 5.91 Å². The highest BCUT2D eigenvalue weighted by Crippen LogP contribution is 2.27. The third-order valence-corrected chi connectivity index (χ3v) is 5.09. The Morgan fingerprint density at radius 1 is 0.900 bits per heavy atom. The highest BCUT2D eigenvalue weighted by Gasteiger charge is 2.16. The molecule has 0 atom stereocenters. The van der Waals surface area contributed by atoms with Gasteiger partial charge in [-0.15, -0.1) is 0 Å². The summed E-state index contributed by atoms with van der Waals surface area (Å²) in [7, 11) is 0. The van der Waals surface area contributed by atoms with E-state index >= 15 is 0 Å². The molecule has 0 aliphatic heterocycles. The van der Waals surface area contributed by atoms with Gasteiger partial charge in [-0.3, -0.25) is 9.59 Å². The molecule has 1 amide bonds. The molecule has 148 valence electrons. The second-order valence-electron chi connectivity index (χ2n) is 6.31. The Balaban J connectivity index is 1.89. The van der Waals surface area contributed by atoms with Crippen LogP contribution in [0.1, 0.15) is 10.4 Å². The molecule has 8 heteroatoms. The van der Waals surface area contributed by atoms with Gasteiger partial charge < -0.3 is 5.32 Å². The monoisotopic (exact) mass is 439 g/mol. The zero-order chi connectivity index (χ0) is 21.3. The molecule has 0 saturated carbocycles. The Bertz CT molecular complexity index is 1360. The number of rotatable bonds is 3. The van der Waals surface area contributed by atoms with Crippen LogP contribution >= 0.6 is 23.2 Å². The van der Waals surface area contributed by atoms with Crippen LogP contribution in [0.25, 0.3) is 22.2 Å². The molecule has 4 aromatic rings. The summed E-state index contributed by atoms with van der Waals surface area (Å²) in [4.78, 5) is 33.6. The van der Waals surface area contributed by atoms with Crippen molar-refractivity contribution in [3.05, 3.63) is 98.5 Å². The van der Waals surface area contributed by atoms with Crippen molar-refractivity contribution in [2.45, 2.75) is 0 Å². The summed E-state index contributed by atoms with van der Waals surface area (Å²) in [6.07, 6.45) is 0. The number of nitrogens with one attached hydrogen (secondary N) is 1. The minimum atomic E-state index is -0.762. The van der Waals surface area contributed by atoms with Crippen molar-refractivity contribution in [3.8, 4) is 11.3 Å². The topological polar surface area (TPSA) is 72.0 Å². The van der Waals surface area contributed by atoms with Gasteiger partial charge in [0.1, 0.15) is 5.82 Å². The first-order valence-electron chi connectivity index (χ1n) is 8.76. The number of para-hydroxylation sites is 1. The summed E-state index contributed by atoms with van der Waals surface area (Å²) in [5.41, 5.74) is 0.0958. The molecule has 0 aliphatic carbocycles. The molecule has 4 rings (SSSR count). The quantitative estimate of drug-likeness (QED) is 0.466. The third kappa shape index (κ3) is 3.87. The molecule has 0 spiro atoms. The van der Waals surface area contributed by atoms with Crippen LogP contribution in [0.15, 0.2) is 71.5 Å². The number of halogens is 3. The van der Waals surface area contributed by atoms with Crippen molar-refractivity contribution >= 4 is 45.8 Å². The molecular weight excluding hydrogens is 428 g/mol. The average molecular weight is 440 g/mol. The van der Waals surface area contributed by atoms with E-state index in [4.69, 9.17) is 23.2 Å². The van der Waals surface area contributed by atoms with Gasteiger partial charge in [0, 0.05) is 16.5 Å². The number of anilines is 1. The summed E-state index contributed by atoms with van der Waals surface area (Å²) in [5.74, 6) is -1.48. The molecule has 0 radical (unpaired) electrons. The number of nitrogens with zero attached hydrogens (tertiary/aromatic N) is 2. The summed E-state index contributed by atoms with van der Waals surface area (Å²) in [6.45, 7) is 0. The number of amides is 1. The van der Waals surface area contributed by atoms with E-state index in [0.717, 1.165) is 0 Å². The van der Waals surface area contributed by atoms with Crippen LogP contribution in [-0.2, 0) is 0 Å². The van der Waals surface area contributed by atoms with Crippen LogP contribution in [-0.4, -0.2) is 15.9 Å². The lowest BCUT2D eigenvalue weighted by Crippen LogP contribution is -2.19. The maximum atomic E-state index is 14.5. The molecule has 0 bridgehead atoms. The minimum absolute atomic E-state index is 0.175. The van der Waals surface area contributed by atoms with Gasteiger partial charge >= 0.3 is 5.56 Å². The summed E-state index contributed by atoms with van der Waals surface area (Å²) in [6, 6.07) is 17.1. The molecule has 1 heterocycles. The highest BCUT2D eigenvalue weighted by molar-refractivity contribution is 6.42. The second-order valence-corrected chi connectivity index (χ2v) is 7.12. The number of benzene rings is 3. The van der Waals surface area contributed by atoms with Gasteiger partial charge in [0.15, 0.2) is 0 Å². The molecule has 30 heavy (non-hydrogen) atoms. The number of aromatic nitrogens is 2. The summed E-state index contributed by atoms with van der Waals surface area (Å²) in [5, 5.41) is 3.39. The molecule has 0 saturated heterocycles. The smallest absolute Gasteiger partial charge is 0.302 e. The van der Waals surface area contributed by atoms with E-state index in [9.17, 15) is 14.0 Å². The zero-order valence-corrected chi connectivity index (χ0v) is 16.7. The summed E-state index contributed by atoms with van der Waals surface area (Å²) < 4.78 is 14.5. The average Bonchev–Trinajstić information content (AvgIpc) is 2.87. The maximum Gasteiger partial charge on any atom is 0.313 e. The first-order valence-corrected chi connectivity index (χ1v) is 9.52. The fraction of sp³-hybridized carbons (Fsp3) is 0. The fourth-order valence-electron chi connectivity index (χ4n) is 2.91. The van der Waals surface area contributed by atoms with E-state index in [1.54, 1.807) is 42.5 Å². The SMILES string of the molecule is O=C(Nc1nc(-c2ccccc2F)c2ccccc2nc1=O)c1ccc(Cl)c(Cl)c1. The molecule has 0 fully saturated rings. The highest BCUT2D eigenvalue weighted by atomic mass is 35.5. The number of fused-ring (bicyclic) bond motifs is 1. The van der Waals surface area contributed by atoms with Gasteiger partial charge in [0.05, 0.1) is 21.3 Å². The largest absolute Gasteiger partial charge is 0.313 e. The third-order valence-electron chi connectivity index (χ3n) is 4.35. The van der Waals surface area contributed by atoms with Crippen LogP contribution in [0.3, 0.4) is 0 Å². The van der Waals surface area contributed by atoms with Gasteiger partial charge in [-0.2, -0.15) is 0 Å². The Morgan fingerprint density at radius 2 is 1.63 bits per heavy atom. The number of carbonyl (C=O) groups is 1. The number of hydrogen-bond donors (Lipinski definition) is 1. The predicted octanol–water partition coefficient (Wildman–Crippen LogP) is 5.36. The lowest BCUT2D eigenvalue weighted by atomic mass is 10.1. The minimum Gasteiger partial charge on any atom is -0.302 e. The first-order chi connectivity index (χ1) is 14.4. The van der Waals surface area contributed by atoms with Gasteiger partial charge in [-0.05, 0) is 36.4 Å². The van der Waals surface area contributed by atoms with E-state index in [0.29, 0.717) is 10.9 Å². The Morgan fingerprint density at radius 3 is 2.40 bits per heavy atom. The van der Waals surface area contributed by atoms with Crippen molar-refractivity contribution in [2.75, 3.05) is 5.32 Å². The zero-order valence-electron chi connectivity index (χ0n) is 15.2. The standard InChI is InChI=1S/C22H12Cl2FN3O2/c23-15-10-9-12(11-16(15)24)21(29)28-20-22(30)26-18-8-4-2-6-14(18)19(27-20)13-5-1-3-7-17(13)25/h1-11H,(H,26,27,28,29,30). The van der Waals surface area contributed by atoms with Crippen LogP contribution in [0.4, 0.5) is 10.2 Å². The lowest BCUT2D eigenvalue weighted by Gasteiger charge is -2.06. The van der Waals surface area contributed by atoms with E-state index in [-0.39, 0.29) is 32.7 Å². The number of carbonyl (C=O) groups excluding carboxylic acids is 1. The molecule has 5 nitrogen and oxygen atoms in total. The van der Waals surface area contributed by atoms with E-state index in [1.807, 2.05) is 0 Å². The molecule has 3 aromatic carbocycles. The molecule has 0 aliphatic rings. The van der Waals surface area contributed by atoms with E-state index < -0.39 is 17.3 Å². The van der Waals surface area contributed by atoms with Gasteiger partial charge in [-0.1, -0.05) is 53.5 Å². The predicted molar refractivity (Wildman–Crippen MR) is 116 cm³/mol. The van der Waals surface area contributed by atoms with Crippen LogP contribution in [0.5, 0.6) is 0 Å². The fourth-order valence-corrected chi connectivity index (χ4v) is 3.21. The molecule has 1 N–H and O–H groups in total. The maximum absolute atomic E-state index is 14.5. The van der Waals surface area contributed by atoms with Gasteiger partial charge in [0.2, 0.25) is 5.82 Å². The number of hydrogen-bond acceptors (Lipinski definition) is 4. The van der Waals surface area contributed by atoms with Crippen molar-refractivity contribution in [1.29, 1.82) is 0 Å². The van der Waals surface area contributed by atoms with Crippen LogP contribution in [0, 0.1) is 5.82 Å². The van der Waals surface area contributed by atoms with Crippen molar-refractivity contribution in [2.24, 2.45) is 0 Å². The Labute approximate surface area is 180 Å². The molecular formula is C22H12Cl2FN3O2. The van der Waals surface area contributed by atoms with Crippen molar-refractivity contribution in [3.63, 3.8) is 0 Å². The Hall–Kier alpha value is -3.35. The Kier molecular flexibility index (Phi) is 5.44.